The molecular weight excluding hydrogens is 383 g/mol. The second-order valence-corrected chi connectivity index (χ2v) is 5.97. The fourth-order valence-corrected chi connectivity index (χ4v) is 2.39. The van der Waals surface area contributed by atoms with Crippen LogP contribution >= 0.6 is 15.9 Å². The molecule has 0 amide bonds. The van der Waals surface area contributed by atoms with Crippen molar-refractivity contribution in [2.24, 2.45) is 0 Å². The van der Waals surface area contributed by atoms with Crippen LogP contribution in [-0.4, -0.2) is 24.6 Å². The monoisotopic (exact) mass is 394 g/mol. The zero-order valence-corrected chi connectivity index (χ0v) is 13.9. The van der Waals surface area contributed by atoms with Crippen molar-refractivity contribution in [2.45, 2.75) is 12.5 Å². The number of hydrogen-bond donors (Lipinski definition) is 0. The Balaban J connectivity index is 1.70. The number of carbonyl (C=O) groups is 2. The van der Waals surface area contributed by atoms with Crippen molar-refractivity contribution in [1.29, 1.82) is 0 Å². The highest BCUT2D eigenvalue weighted by molar-refractivity contribution is 9.10. The molecule has 0 radical (unpaired) electrons. The van der Waals surface area contributed by atoms with Gasteiger partial charge in [0.2, 0.25) is 6.10 Å². The highest BCUT2D eigenvalue weighted by atomic mass is 79.9. The van der Waals surface area contributed by atoms with E-state index in [4.69, 9.17) is 14.2 Å². The maximum Gasteiger partial charge on any atom is 0.347 e. The molecule has 124 valence electrons. The molecule has 0 aliphatic carbocycles. The summed E-state index contributed by atoms with van der Waals surface area (Å²) < 4.78 is 30.1. The molecule has 2 aromatic rings. The Morgan fingerprint density at radius 2 is 1.96 bits per heavy atom. The van der Waals surface area contributed by atoms with E-state index in [1.54, 1.807) is 24.3 Å². The maximum atomic E-state index is 14.1. The number of hydrogen-bond acceptors (Lipinski definition) is 5. The van der Waals surface area contributed by atoms with Gasteiger partial charge in [0.1, 0.15) is 5.75 Å². The number of esters is 2. The van der Waals surface area contributed by atoms with E-state index in [0.717, 1.165) is 10.5 Å². The van der Waals surface area contributed by atoms with Crippen LogP contribution in [0.5, 0.6) is 11.5 Å². The number of ether oxygens (including phenoxy) is 3. The molecule has 1 fully saturated rings. The summed E-state index contributed by atoms with van der Waals surface area (Å²) in [5.74, 6) is -1.64. The lowest BCUT2D eigenvalue weighted by molar-refractivity contribution is -0.145. The molecule has 0 saturated carbocycles. The number of carbonyl (C=O) groups excluding carboxylic acids is 2. The molecule has 1 aliphatic rings. The van der Waals surface area contributed by atoms with Gasteiger partial charge < -0.3 is 14.2 Å². The van der Waals surface area contributed by atoms with Gasteiger partial charge in [-0.05, 0) is 42.5 Å². The third-order valence-electron chi connectivity index (χ3n) is 3.35. The molecule has 3 rings (SSSR count). The van der Waals surface area contributed by atoms with Gasteiger partial charge in [-0.3, -0.25) is 0 Å². The van der Waals surface area contributed by atoms with Crippen LogP contribution in [0.1, 0.15) is 16.8 Å². The van der Waals surface area contributed by atoms with E-state index in [-0.39, 0.29) is 17.9 Å². The molecule has 0 bridgehead atoms. The molecule has 1 aliphatic heterocycles. The van der Waals surface area contributed by atoms with Crippen molar-refractivity contribution in [3.8, 4) is 11.5 Å². The molecule has 1 saturated heterocycles. The van der Waals surface area contributed by atoms with Crippen LogP contribution in [0.2, 0.25) is 0 Å². The number of halogens is 2. The van der Waals surface area contributed by atoms with Gasteiger partial charge in [0, 0.05) is 10.9 Å². The zero-order valence-electron chi connectivity index (χ0n) is 12.3. The summed E-state index contributed by atoms with van der Waals surface area (Å²) in [6.45, 7) is 0.213. The van der Waals surface area contributed by atoms with E-state index < -0.39 is 23.9 Å². The first-order valence-electron chi connectivity index (χ1n) is 7.13. The van der Waals surface area contributed by atoms with Crippen molar-refractivity contribution in [2.75, 3.05) is 6.61 Å². The van der Waals surface area contributed by atoms with E-state index >= 15 is 0 Å². The zero-order chi connectivity index (χ0) is 17.1. The Bertz CT molecular complexity index is 775. The van der Waals surface area contributed by atoms with E-state index in [1.165, 1.54) is 12.1 Å². The molecule has 2 aromatic carbocycles. The lowest BCUT2D eigenvalue weighted by Crippen LogP contribution is -2.22. The average Bonchev–Trinajstić information content (AvgIpc) is 2.96. The van der Waals surface area contributed by atoms with Gasteiger partial charge in [0.15, 0.2) is 11.6 Å². The minimum atomic E-state index is -0.931. The van der Waals surface area contributed by atoms with E-state index in [2.05, 4.69) is 15.9 Å². The Hall–Kier alpha value is -2.41. The molecule has 0 unspecified atom stereocenters. The van der Waals surface area contributed by atoms with Gasteiger partial charge in [-0.25, -0.2) is 14.0 Å². The number of benzene rings is 2. The van der Waals surface area contributed by atoms with Gasteiger partial charge in [-0.15, -0.1) is 0 Å². The third-order valence-corrected chi connectivity index (χ3v) is 3.87. The van der Waals surface area contributed by atoms with E-state index in [0.29, 0.717) is 12.2 Å². The number of cyclic esters (lactones) is 1. The van der Waals surface area contributed by atoms with Crippen LogP contribution in [-0.2, 0) is 14.3 Å². The highest BCUT2D eigenvalue weighted by Crippen LogP contribution is 2.27. The number of rotatable bonds is 4. The Morgan fingerprint density at radius 3 is 2.58 bits per heavy atom. The van der Waals surface area contributed by atoms with Crippen molar-refractivity contribution < 1.29 is 28.2 Å². The summed E-state index contributed by atoms with van der Waals surface area (Å²) in [7, 11) is 0. The SMILES string of the molecule is O=C(O[C@@H]1CCOC1=O)c1ccc(Oc2ccc(Br)cc2)c(F)c1. The van der Waals surface area contributed by atoms with Crippen LogP contribution in [0, 0.1) is 5.82 Å². The molecule has 24 heavy (non-hydrogen) atoms. The van der Waals surface area contributed by atoms with Crippen LogP contribution in [0.3, 0.4) is 0 Å². The maximum absolute atomic E-state index is 14.1. The lowest BCUT2D eigenvalue weighted by atomic mass is 10.2. The molecule has 1 heterocycles. The van der Waals surface area contributed by atoms with Gasteiger partial charge in [-0.1, -0.05) is 15.9 Å². The fraction of sp³-hybridized carbons (Fsp3) is 0.176. The van der Waals surface area contributed by atoms with Crippen LogP contribution in [0.15, 0.2) is 46.9 Å². The summed E-state index contributed by atoms with van der Waals surface area (Å²) in [6, 6.07) is 10.6. The second kappa shape index (κ2) is 7.00. The van der Waals surface area contributed by atoms with Gasteiger partial charge >= 0.3 is 11.9 Å². The van der Waals surface area contributed by atoms with Gasteiger partial charge in [0.25, 0.3) is 0 Å². The predicted octanol–water partition coefficient (Wildman–Crippen LogP) is 3.85. The van der Waals surface area contributed by atoms with Crippen molar-refractivity contribution in [1.82, 2.24) is 0 Å². The first-order chi connectivity index (χ1) is 11.5. The van der Waals surface area contributed by atoms with Crippen molar-refractivity contribution >= 4 is 27.9 Å². The lowest BCUT2D eigenvalue weighted by Gasteiger charge is -2.10. The Kier molecular flexibility index (Phi) is 4.80. The van der Waals surface area contributed by atoms with E-state index in [9.17, 15) is 14.0 Å². The molecule has 0 spiro atoms. The molecule has 1 atom stereocenters. The first-order valence-corrected chi connectivity index (χ1v) is 7.93. The van der Waals surface area contributed by atoms with Gasteiger partial charge in [-0.2, -0.15) is 0 Å². The Labute approximate surface area is 145 Å². The summed E-state index contributed by atoms with van der Waals surface area (Å²) in [5.41, 5.74) is -0.00430. The molecule has 0 N–H and O–H groups in total. The summed E-state index contributed by atoms with van der Waals surface area (Å²) in [4.78, 5) is 23.3. The van der Waals surface area contributed by atoms with Crippen molar-refractivity contribution in [3.63, 3.8) is 0 Å². The van der Waals surface area contributed by atoms with Crippen molar-refractivity contribution in [3.05, 3.63) is 58.3 Å². The quantitative estimate of drug-likeness (QED) is 0.736. The van der Waals surface area contributed by atoms with Crippen LogP contribution in [0.4, 0.5) is 4.39 Å². The smallest absolute Gasteiger partial charge is 0.347 e. The second-order valence-electron chi connectivity index (χ2n) is 5.05. The van der Waals surface area contributed by atoms with E-state index in [1.807, 2.05) is 0 Å². The summed E-state index contributed by atoms with van der Waals surface area (Å²) in [6.07, 6.45) is -0.628. The summed E-state index contributed by atoms with van der Waals surface area (Å²) in [5, 5.41) is 0. The molecule has 0 aromatic heterocycles. The molecule has 7 heteroatoms. The third kappa shape index (κ3) is 3.73. The first kappa shape index (κ1) is 16.4. The topological polar surface area (TPSA) is 61.8 Å². The van der Waals surface area contributed by atoms with Crippen LogP contribution < -0.4 is 4.74 Å². The standard InChI is InChI=1S/C17H12BrFO5/c18-11-2-4-12(5-3-11)23-14-6-1-10(9-13(14)19)16(20)24-15-7-8-22-17(15)21/h1-6,9,15H,7-8H2/t15-/m1/s1. The predicted molar refractivity (Wildman–Crippen MR) is 85.4 cm³/mol. The summed E-state index contributed by atoms with van der Waals surface area (Å²) >= 11 is 3.30. The largest absolute Gasteiger partial charge is 0.463 e. The molecular formula is C17H12BrFO5. The molecule has 5 nitrogen and oxygen atoms in total. The van der Waals surface area contributed by atoms with Crippen LogP contribution in [0.25, 0.3) is 0 Å². The normalized spacial score (nSPS) is 16.6. The highest BCUT2D eigenvalue weighted by Gasteiger charge is 2.30. The fourth-order valence-electron chi connectivity index (χ4n) is 2.12. The average molecular weight is 395 g/mol. The van der Waals surface area contributed by atoms with Gasteiger partial charge in [0.05, 0.1) is 12.2 Å². The minimum Gasteiger partial charge on any atom is -0.463 e. The Morgan fingerprint density at radius 1 is 1.21 bits per heavy atom. The minimum absolute atomic E-state index is 0.00430.